The van der Waals surface area contributed by atoms with Crippen molar-refractivity contribution in [2.45, 2.75) is 24.7 Å². The number of benzene rings is 1. The molecule has 0 aliphatic heterocycles. The summed E-state index contributed by atoms with van der Waals surface area (Å²) in [6.45, 7) is 4.06. The molecule has 1 aromatic carbocycles. The Morgan fingerprint density at radius 1 is 1.44 bits per heavy atom. The molecule has 1 aromatic rings. The molecule has 0 radical (unpaired) electrons. The van der Waals surface area contributed by atoms with E-state index in [0.717, 1.165) is 5.56 Å². The van der Waals surface area contributed by atoms with Gasteiger partial charge in [-0.2, -0.15) is 5.26 Å². The maximum Gasteiger partial charge on any atom is 0.236 e. The van der Waals surface area contributed by atoms with E-state index in [4.69, 9.17) is 5.26 Å². The van der Waals surface area contributed by atoms with Gasteiger partial charge in [0.15, 0.2) is 0 Å². The van der Waals surface area contributed by atoms with Gasteiger partial charge in [-0.15, -0.1) is 0 Å². The van der Waals surface area contributed by atoms with E-state index < -0.39 is 4.32 Å². The molecule has 0 aromatic heterocycles. The Morgan fingerprint density at radius 3 is 2.44 bits per heavy atom. The van der Waals surface area contributed by atoms with Crippen molar-refractivity contribution in [2.24, 2.45) is 0 Å². The van der Waals surface area contributed by atoms with E-state index in [1.54, 1.807) is 26.0 Å². The summed E-state index contributed by atoms with van der Waals surface area (Å²) >= 11 is 3.29. The van der Waals surface area contributed by atoms with Crippen molar-refractivity contribution >= 4 is 21.8 Å². The number of nitriles is 1. The zero-order valence-electron chi connectivity index (χ0n) is 9.25. The highest BCUT2D eigenvalue weighted by atomic mass is 79.9. The van der Waals surface area contributed by atoms with Gasteiger partial charge in [-0.05, 0) is 31.5 Å². The number of hydrogen-bond donors (Lipinski definition) is 1. The lowest BCUT2D eigenvalue weighted by atomic mass is 10.1. The van der Waals surface area contributed by atoms with E-state index in [0.29, 0.717) is 12.1 Å². The second-order valence-electron chi connectivity index (χ2n) is 3.96. The topological polar surface area (TPSA) is 52.9 Å². The predicted molar refractivity (Wildman–Crippen MR) is 66.0 cm³/mol. The molecule has 0 saturated heterocycles. The van der Waals surface area contributed by atoms with Crippen LogP contribution >= 0.6 is 15.9 Å². The van der Waals surface area contributed by atoms with Crippen LogP contribution in [0, 0.1) is 11.3 Å². The van der Waals surface area contributed by atoms with Gasteiger partial charge in [0, 0.05) is 6.54 Å². The first kappa shape index (κ1) is 12.7. The summed E-state index contributed by atoms with van der Waals surface area (Å²) in [6.07, 6.45) is 0. The number of carbonyl (C=O) groups excluding carboxylic acids is 1. The zero-order chi connectivity index (χ0) is 12.2. The van der Waals surface area contributed by atoms with Crippen molar-refractivity contribution in [3.05, 3.63) is 35.4 Å². The van der Waals surface area contributed by atoms with Gasteiger partial charge in [0.25, 0.3) is 0 Å². The van der Waals surface area contributed by atoms with Crippen molar-refractivity contribution in [3.63, 3.8) is 0 Å². The zero-order valence-corrected chi connectivity index (χ0v) is 10.8. The van der Waals surface area contributed by atoms with Crippen LogP contribution in [-0.2, 0) is 11.3 Å². The second kappa shape index (κ2) is 5.13. The van der Waals surface area contributed by atoms with Crippen LogP contribution in [0.4, 0.5) is 0 Å². The van der Waals surface area contributed by atoms with Gasteiger partial charge in [-0.3, -0.25) is 4.79 Å². The number of alkyl halides is 1. The van der Waals surface area contributed by atoms with Crippen LogP contribution in [0.15, 0.2) is 24.3 Å². The third-order valence-electron chi connectivity index (χ3n) is 2.08. The SMILES string of the molecule is CC(C)(Br)C(=O)NCc1ccc(C#N)cc1. The molecule has 0 unspecified atom stereocenters. The molecule has 3 nitrogen and oxygen atoms in total. The minimum atomic E-state index is -0.556. The molecule has 16 heavy (non-hydrogen) atoms. The van der Waals surface area contributed by atoms with E-state index in [1.165, 1.54) is 0 Å². The highest BCUT2D eigenvalue weighted by molar-refractivity contribution is 9.10. The standard InChI is InChI=1S/C12H13BrN2O/c1-12(2,13)11(16)15-8-10-5-3-9(7-14)4-6-10/h3-6H,8H2,1-2H3,(H,15,16). The number of halogens is 1. The largest absolute Gasteiger partial charge is 0.351 e. The molecule has 0 saturated carbocycles. The fourth-order valence-corrected chi connectivity index (χ4v) is 1.23. The number of nitrogens with zero attached hydrogens (tertiary/aromatic N) is 1. The Labute approximate surface area is 104 Å². The van der Waals surface area contributed by atoms with E-state index in [2.05, 4.69) is 21.2 Å². The third kappa shape index (κ3) is 3.67. The van der Waals surface area contributed by atoms with Crippen molar-refractivity contribution in [3.8, 4) is 6.07 Å². The van der Waals surface area contributed by atoms with Crippen LogP contribution in [0.3, 0.4) is 0 Å². The second-order valence-corrected chi connectivity index (χ2v) is 5.95. The first-order chi connectivity index (χ1) is 7.43. The molecular weight excluding hydrogens is 268 g/mol. The van der Waals surface area contributed by atoms with Gasteiger partial charge in [0.05, 0.1) is 16.0 Å². The fraction of sp³-hybridized carbons (Fsp3) is 0.333. The quantitative estimate of drug-likeness (QED) is 0.865. The summed E-state index contributed by atoms with van der Waals surface area (Å²) in [4.78, 5) is 11.6. The molecule has 1 amide bonds. The molecule has 1 N–H and O–H groups in total. The van der Waals surface area contributed by atoms with Crippen LogP contribution in [0.5, 0.6) is 0 Å². The number of rotatable bonds is 3. The Morgan fingerprint density at radius 2 is 2.00 bits per heavy atom. The molecule has 84 valence electrons. The lowest BCUT2D eigenvalue weighted by molar-refractivity contribution is -0.122. The lowest BCUT2D eigenvalue weighted by Crippen LogP contribution is -2.36. The van der Waals surface area contributed by atoms with Crippen molar-refractivity contribution in [1.29, 1.82) is 5.26 Å². The molecule has 0 atom stereocenters. The Balaban J connectivity index is 2.56. The summed E-state index contributed by atoms with van der Waals surface area (Å²) in [5.74, 6) is -0.0585. The number of hydrogen-bond acceptors (Lipinski definition) is 2. The van der Waals surface area contributed by atoms with Gasteiger partial charge in [-0.25, -0.2) is 0 Å². The van der Waals surface area contributed by atoms with Crippen LogP contribution in [0.25, 0.3) is 0 Å². The molecule has 0 fully saturated rings. The highest BCUT2D eigenvalue weighted by Gasteiger charge is 2.22. The van der Waals surface area contributed by atoms with Crippen molar-refractivity contribution in [2.75, 3.05) is 0 Å². The van der Waals surface area contributed by atoms with Gasteiger partial charge in [0.1, 0.15) is 0 Å². The summed E-state index contributed by atoms with van der Waals surface area (Å²) in [5, 5.41) is 11.4. The van der Waals surface area contributed by atoms with Gasteiger partial charge < -0.3 is 5.32 Å². The summed E-state index contributed by atoms with van der Waals surface area (Å²) in [5.41, 5.74) is 1.60. The predicted octanol–water partition coefficient (Wildman–Crippen LogP) is 2.35. The molecule has 1 rings (SSSR count). The van der Waals surface area contributed by atoms with E-state index in [9.17, 15) is 4.79 Å². The summed E-state index contributed by atoms with van der Waals surface area (Å²) in [7, 11) is 0. The first-order valence-electron chi connectivity index (χ1n) is 4.90. The maximum absolute atomic E-state index is 11.6. The van der Waals surface area contributed by atoms with Crippen LogP contribution in [0.1, 0.15) is 25.0 Å². The molecule has 0 aliphatic carbocycles. The lowest BCUT2D eigenvalue weighted by Gasteiger charge is -2.15. The van der Waals surface area contributed by atoms with Gasteiger partial charge >= 0.3 is 0 Å². The number of amides is 1. The number of nitrogens with one attached hydrogen (secondary N) is 1. The minimum Gasteiger partial charge on any atom is -0.351 e. The maximum atomic E-state index is 11.6. The normalized spacial score (nSPS) is 10.6. The average Bonchev–Trinajstić information content (AvgIpc) is 2.25. The van der Waals surface area contributed by atoms with Gasteiger partial charge in [-0.1, -0.05) is 28.1 Å². The average molecular weight is 281 g/mol. The summed E-state index contributed by atoms with van der Waals surface area (Å²) in [6, 6.07) is 9.19. The van der Waals surface area contributed by atoms with E-state index in [-0.39, 0.29) is 5.91 Å². The van der Waals surface area contributed by atoms with Gasteiger partial charge in [0.2, 0.25) is 5.91 Å². The van der Waals surface area contributed by atoms with Crippen molar-refractivity contribution in [1.82, 2.24) is 5.32 Å². The highest BCUT2D eigenvalue weighted by Crippen LogP contribution is 2.15. The van der Waals surface area contributed by atoms with Crippen molar-refractivity contribution < 1.29 is 4.79 Å². The monoisotopic (exact) mass is 280 g/mol. The van der Waals surface area contributed by atoms with Crippen LogP contribution < -0.4 is 5.32 Å². The van der Waals surface area contributed by atoms with Crippen LogP contribution in [-0.4, -0.2) is 10.2 Å². The summed E-state index contributed by atoms with van der Waals surface area (Å²) < 4.78 is -0.556. The third-order valence-corrected chi connectivity index (χ3v) is 2.44. The Bertz CT molecular complexity index is 412. The molecular formula is C12H13BrN2O. The Kier molecular flexibility index (Phi) is 4.08. The Hall–Kier alpha value is -1.34. The molecule has 0 aliphatic rings. The molecule has 0 spiro atoms. The fourth-order valence-electron chi connectivity index (χ4n) is 1.09. The number of carbonyl (C=O) groups is 1. The van der Waals surface area contributed by atoms with Crippen LogP contribution in [0.2, 0.25) is 0 Å². The smallest absolute Gasteiger partial charge is 0.236 e. The first-order valence-corrected chi connectivity index (χ1v) is 5.69. The molecule has 0 bridgehead atoms. The molecule has 4 heteroatoms. The molecule has 0 heterocycles. The van der Waals surface area contributed by atoms with E-state index >= 15 is 0 Å². The van der Waals surface area contributed by atoms with E-state index in [1.807, 2.05) is 18.2 Å². The minimum absolute atomic E-state index is 0.0585.